The van der Waals surface area contributed by atoms with Crippen molar-refractivity contribution in [1.82, 2.24) is 20.2 Å². The van der Waals surface area contributed by atoms with E-state index in [1.165, 1.54) is 6.07 Å². The first-order chi connectivity index (χ1) is 10.3. The molecule has 2 heterocycles. The molecular weight excluding hydrogens is 321 g/mol. The topological polar surface area (TPSA) is 94.4 Å². The van der Waals surface area contributed by atoms with E-state index in [1.807, 2.05) is 4.98 Å². The summed E-state index contributed by atoms with van der Waals surface area (Å²) in [7, 11) is 0. The van der Waals surface area contributed by atoms with E-state index in [0.29, 0.717) is 5.56 Å². The summed E-state index contributed by atoms with van der Waals surface area (Å²) in [5.41, 5.74) is -0.911. The molecule has 1 saturated carbocycles. The zero-order chi connectivity index (χ0) is 16.1. The van der Waals surface area contributed by atoms with Crippen LogP contribution in [0.2, 0.25) is 0 Å². The molecule has 22 heavy (non-hydrogen) atoms. The summed E-state index contributed by atoms with van der Waals surface area (Å²) in [6.45, 7) is 0. The lowest BCUT2D eigenvalue weighted by Crippen LogP contribution is -2.23. The van der Waals surface area contributed by atoms with E-state index in [-0.39, 0.29) is 22.3 Å². The van der Waals surface area contributed by atoms with Gasteiger partial charge in [0.15, 0.2) is 0 Å². The van der Waals surface area contributed by atoms with E-state index < -0.39 is 29.3 Å². The van der Waals surface area contributed by atoms with Crippen LogP contribution in [0.25, 0.3) is 11.3 Å². The van der Waals surface area contributed by atoms with Crippen molar-refractivity contribution in [2.45, 2.75) is 18.5 Å². The number of nitrogens with one attached hydrogen (secondary N) is 3. The molecule has 3 N–H and O–H groups in total. The second-order valence-electron chi connectivity index (χ2n) is 5.01. The van der Waals surface area contributed by atoms with Gasteiger partial charge in [0.25, 0.3) is 5.56 Å². The minimum Gasteiger partial charge on any atom is -0.313 e. The maximum Gasteiger partial charge on any atom is 0.392 e. The smallest absolute Gasteiger partial charge is 0.313 e. The van der Waals surface area contributed by atoms with Gasteiger partial charge in [0.05, 0.1) is 17.2 Å². The van der Waals surface area contributed by atoms with Crippen LogP contribution < -0.4 is 11.2 Å². The van der Waals surface area contributed by atoms with Gasteiger partial charge >= 0.3 is 11.9 Å². The van der Waals surface area contributed by atoms with Crippen LogP contribution in [0.5, 0.6) is 0 Å². The fraction of sp³-hybridized carbons (Fsp3) is 0.333. The third-order valence-corrected chi connectivity index (χ3v) is 3.86. The lowest BCUT2D eigenvalue weighted by molar-refractivity contribution is -0.148. The second-order valence-corrected chi connectivity index (χ2v) is 5.42. The highest BCUT2D eigenvalue weighted by molar-refractivity contribution is 7.71. The van der Waals surface area contributed by atoms with Crippen molar-refractivity contribution in [2.24, 2.45) is 5.92 Å². The number of aromatic nitrogens is 4. The van der Waals surface area contributed by atoms with E-state index in [0.717, 1.165) is 6.20 Å². The second kappa shape index (κ2) is 4.90. The highest BCUT2D eigenvalue weighted by Gasteiger charge is 2.56. The molecule has 10 heteroatoms. The summed E-state index contributed by atoms with van der Waals surface area (Å²) < 4.78 is 38.2. The van der Waals surface area contributed by atoms with E-state index in [1.54, 1.807) is 0 Å². The van der Waals surface area contributed by atoms with Crippen LogP contribution in [0.15, 0.2) is 21.9 Å². The van der Waals surface area contributed by atoms with Crippen molar-refractivity contribution in [3.63, 3.8) is 0 Å². The molecule has 1 aliphatic carbocycles. The molecule has 0 unspecified atom stereocenters. The number of hydrogen-bond acceptors (Lipinski definition) is 4. The summed E-state index contributed by atoms with van der Waals surface area (Å²) in [6, 6.07) is 1.36. The lowest BCUT2D eigenvalue weighted by atomic mass is 10.1. The summed E-state index contributed by atoms with van der Waals surface area (Å²) in [4.78, 5) is 27.0. The average Bonchev–Trinajstić information content (AvgIpc) is 3.20. The lowest BCUT2D eigenvalue weighted by Gasteiger charge is -2.06. The predicted molar refractivity (Wildman–Crippen MR) is 73.0 cm³/mol. The number of nitrogens with zero attached hydrogens (tertiary/aromatic N) is 1. The van der Waals surface area contributed by atoms with Crippen LogP contribution >= 0.6 is 12.2 Å². The Hall–Kier alpha value is -2.23. The Kier molecular flexibility index (Phi) is 3.28. The highest BCUT2D eigenvalue weighted by atomic mass is 32.1. The summed E-state index contributed by atoms with van der Waals surface area (Å²) in [6.07, 6.45) is -3.16. The third-order valence-electron chi connectivity index (χ3n) is 3.54. The Morgan fingerprint density at radius 1 is 1.32 bits per heavy atom. The van der Waals surface area contributed by atoms with Crippen molar-refractivity contribution in [3.8, 4) is 11.3 Å². The van der Waals surface area contributed by atoms with Crippen LogP contribution in [-0.2, 0) is 0 Å². The largest absolute Gasteiger partial charge is 0.392 e. The van der Waals surface area contributed by atoms with Crippen molar-refractivity contribution in [1.29, 1.82) is 0 Å². The number of alkyl halides is 3. The van der Waals surface area contributed by atoms with Crippen LogP contribution in [0.3, 0.4) is 0 Å². The summed E-state index contributed by atoms with van der Waals surface area (Å²) in [5, 5.41) is 6.30. The molecule has 2 aromatic rings. The van der Waals surface area contributed by atoms with Crippen molar-refractivity contribution in [2.75, 3.05) is 0 Å². The normalized spacial score (nSPS) is 20.9. The van der Waals surface area contributed by atoms with E-state index in [4.69, 9.17) is 12.2 Å². The Morgan fingerprint density at radius 2 is 2.05 bits per heavy atom. The fourth-order valence-electron chi connectivity index (χ4n) is 2.33. The maximum atomic E-state index is 12.7. The molecule has 0 aliphatic heterocycles. The monoisotopic (exact) mass is 330 g/mol. The van der Waals surface area contributed by atoms with Gasteiger partial charge in [-0.1, -0.05) is 12.2 Å². The molecule has 0 saturated heterocycles. The van der Waals surface area contributed by atoms with Crippen molar-refractivity contribution in [3.05, 3.63) is 43.3 Å². The Balaban J connectivity index is 2.03. The zero-order valence-electron chi connectivity index (χ0n) is 10.8. The average molecular weight is 330 g/mol. The van der Waals surface area contributed by atoms with Crippen LogP contribution in [0.4, 0.5) is 13.2 Å². The Morgan fingerprint density at radius 3 is 2.64 bits per heavy atom. The van der Waals surface area contributed by atoms with Gasteiger partial charge in [-0.2, -0.15) is 18.3 Å². The number of aromatic amines is 3. The first kappa shape index (κ1) is 14.7. The standard InChI is InChI=1S/C12H9F3N4O2S/c13-12(14,15)7-1-4(7)5-2-8(18-19-10(5)22)6-3-16-11(21)17-9(6)20/h2-4,7H,1H2,(H,19,22)(H2,16,17,20,21)/t4-,7+/m1/s1. The molecule has 1 fully saturated rings. The van der Waals surface area contributed by atoms with E-state index in [2.05, 4.69) is 15.2 Å². The molecule has 2 aromatic heterocycles. The minimum atomic E-state index is -4.27. The van der Waals surface area contributed by atoms with Crippen LogP contribution in [0, 0.1) is 10.6 Å². The maximum absolute atomic E-state index is 12.7. The van der Waals surface area contributed by atoms with E-state index >= 15 is 0 Å². The Bertz CT molecular complexity index is 898. The minimum absolute atomic E-state index is 0.0353. The fourth-order valence-corrected chi connectivity index (χ4v) is 2.59. The first-order valence-electron chi connectivity index (χ1n) is 6.26. The number of rotatable bonds is 2. The van der Waals surface area contributed by atoms with Gasteiger partial charge in [-0.3, -0.25) is 14.9 Å². The third kappa shape index (κ3) is 2.61. The van der Waals surface area contributed by atoms with Gasteiger partial charge in [0, 0.05) is 6.20 Å². The van der Waals surface area contributed by atoms with Crippen LogP contribution in [0.1, 0.15) is 17.9 Å². The molecule has 116 valence electrons. The SMILES string of the molecule is O=c1[nH]cc(-c2cc([C@H]3C[C@@H]3C(F)(F)F)c(=S)[nH]n2)c(=O)[nH]1. The number of H-pyrrole nitrogens is 3. The van der Waals surface area contributed by atoms with Gasteiger partial charge in [-0.15, -0.1) is 0 Å². The molecule has 6 nitrogen and oxygen atoms in total. The quantitative estimate of drug-likeness (QED) is 0.733. The van der Waals surface area contributed by atoms with Gasteiger partial charge in [0.2, 0.25) is 0 Å². The van der Waals surface area contributed by atoms with Crippen molar-refractivity contribution < 1.29 is 13.2 Å². The molecule has 0 radical (unpaired) electrons. The van der Waals surface area contributed by atoms with E-state index in [9.17, 15) is 22.8 Å². The Labute approximate surface area is 125 Å². The molecule has 0 aromatic carbocycles. The molecule has 1 aliphatic rings. The van der Waals surface area contributed by atoms with Crippen molar-refractivity contribution >= 4 is 12.2 Å². The van der Waals surface area contributed by atoms with Gasteiger partial charge in [0.1, 0.15) is 4.64 Å². The van der Waals surface area contributed by atoms with Gasteiger partial charge < -0.3 is 4.98 Å². The predicted octanol–water partition coefficient (Wildman–Crippen LogP) is 1.85. The molecule has 0 bridgehead atoms. The molecular formula is C12H9F3N4O2S. The number of halogens is 3. The molecule has 0 amide bonds. The first-order valence-corrected chi connectivity index (χ1v) is 6.67. The van der Waals surface area contributed by atoms with Crippen LogP contribution in [-0.4, -0.2) is 26.3 Å². The zero-order valence-corrected chi connectivity index (χ0v) is 11.6. The van der Waals surface area contributed by atoms with Gasteiger partial charge in [-0.05, 0) is 24.0 Å². The number of hydrogen-bond donors (Lipinski definition) is 3. The highest BCUT2D eigenvalue weighted by Crippen LogP contribution is 2.56. The van der Waals surface area contributed by atoms with Gasteiger partial charge in [-0.25, -0.2) is 4.79 Å². The molecule has 3 rings (SSSR count). The molecule has 0 spiro atoms. The summed E-state index contributed by atoms with van der Waals surface area (Å²) >= 11 is 4.98. The molecule has 2 atom stereocenters. The summed E-state index contributed by atoms with van der Waals surface area (Å²) in [5.74, 6) is -2.15.